The van der Waals surface area contributed by atoms with Crippen LogP contribution in [0.3, 0.4) is 0 Å². The van der Waals surface area contributed by atoms with Gasteiger partial charge in [0.25, 0.3) is 0 Å². The highest BCUT2D eigenvalue weighted by Crippen LogP contribution is 2.31. The zero-order chi connectivity index (χ0) is 14.1. The number of nitrogens with one attached hydrogen (secondary N) is 1. The molecule has 1 aromatic carbocycles. The van der Waals surface area contributed by atoms with E-state index in [1.165, 1.54) is 0 Å². The van der Waals surface area contributed by atoms with E-state index in [2.05, 4.69) is 5.32 Å². The standard InChI is InChI=1S/C15H13Cl2NO2/c1-2-18-15(12-5-6-14(17)20-12)13-8-9-7-10(16)3-4-11(9)19-13/h3-8,15,18H,2H2,1H3. The quantitative estimate of drug-likeness (QED) is 0.734. The lowest BCUT2D eigenvalue weighted by atomic mass is 10.1. The van der Waals surface area contributed by atoms with E-state index >= 15 is 0 Å². The van der Waals surface area contributed by atoms with Gasteiger partial charge in [-0.3, -0.25) is 0 Å². The van der Waals surface area contributed by atoms with Crippen molar-refractivity contribution < 1.29 is 8.83 Å². The number of benzene rings is 1. The summed E-state index contributed by atoms with van der Waals surface area (Å²) in [6, 6.07) is 10.9. The van der Waals surface area contributed by atoms with Crippen molar-refractivity contribution in [1.82, 2.24) is 5.32 Å². The average molecular weight is 310 g/mol. The average Bonchev–Trinajstić information content (AvgIpc) is 3.01. The highest BCUT2D eigenvalue weighted by Gasteiger charge is 2.21. The molecule has 0 aliphatic rings. The van der Waals surface area contributed by atoms with Gasteiger partial charge in [-0.15, -0.1) is 0 Å². The molecule has 0 aliphatic carbocycles. The molecule has 104 valence electrons. The fourth-order valence-electron chi connectivity index (χ4n) is 2.21. The predicted octanol–water partition coefficient (Wildman–Crippen LogP) is 5.03. The Balaban J connectivity index is 2.04. The molecule has 0 bridgehead atoms. The van der Waals surface area contributed by atoms with Gasteiger partial charge < -0.3 is 14.2 Å². The minimum atomic E-state index is -0.168. The smallest absolute Gasteiger partial charge is 0.193 e. The van der Waals surface area contributed by atoms with Crippen LogP contribution >= 0.6 is 23.2 Å². The molecule has 20 heavy (non-hydrogen) atoms. The van der Waals surface area contributed by atoms with Crippen LogP contribution in [0, 0.1) is 0 Å². The Bertz CT molecular complexity index is 732. The SMILES string of the molecule is CCNC(c1ccc(Cl)o1)c1cc2cc(Cl)ccc2o1. The molecule has 2 aromatic heterocycles. The van der Waals surface area contributed by atoms with E-state index in [9.17, 15) is 0 Å². The molecule has 3 rings (SSSR count). The zero-order valence-electron chi connectivity index (χ0n) is 10.8. The Labute approximate surface area is 126 Å². The van der Waals surface area contributed by atoms with Crippen molar-refractivity contribution in [2.75, 3.05) is 6.54 Å². The monoisotopic (exact) mass is 309 g/mol. The first kappa shape index (κ1) is 13.6. The van der Waals surface area contributed by atoms with Gasteiger partial charge in [-0.05, 0) is 54.5 Å². The topological polar surface area (TPSA) is 38.3 Å². The lowest BCUT2D eigenvalue weighted by molar-refractivity contribution is 0.404. The van der Waals surface area contributed by atoms with Gasteiger partial charge in [0, 0.05) is 10.4 Å². The highest BCUT2D eigenvalue weighted by molar-refractivity contribution is 6.31. The molecule has 0 radical (unpaired) electrons. The predicted molar refractivity (Wildman–Crippen MR) is 80.5 cm³/mol. The summed E-state index contributed by atoms with van der Waals surface area (Å²) in [6.07, 6.45) is 0. The molecular formula is C15H13Cl2NO2. The van der Waals surface area contributed by atoms with Gasteiger partial charge in [0.05, 0.1) is 0 Å². The van der Waals surface area contributed by atoms with E-state index in [0.29, 0.717) is 10.2 Å². The zero-order valence-corrected chi connectivity index (χ0v) is 12.3. The molecule has 0 spiro atoms. The third kappa shape index (κ3) is 2.57. The van der Waals surface area contributed by atoms with E-state index in [4.69, 9.17) is 32.0 Å². The Morgan fingerprint density at radius 1 is 1.05 bits per heavy atom. The van der Waals surface area contributed by atoms with Crippen molar-refractivity contribution in [3.63, 3.8) is 0 Å². The van der Waals surface area contributed by atoms with E-state index in [0.717, 1.165) is 29.0 Å². The fraction of sp³-hybridized carbons (Fsp3) is 0.200. The molecule has 0 amide bonds. The Kier molecular flexibility index (Phi) is 3.74. The van der Waals surface area contributed by atoms with Gasteiger partial charge in [-0.1, -0.05) is 18.5 Å². The van der Waals surface area contributed by atoms with Gasteiger partial charge in [0.1, 0.15) is 23.1 Å². The van der Waals surface area contributed by atoms with Crippen LogP contribution < -0.4 is 5.32 Å². The minimum absolute atomic E-state index is 0.168. The largest absolute Gasteiger partial charge is 0.459 e. The van der Waals surface area contributed by atoms with Crippen molar-refractivity contribution in [2.24, 2.45) is 0 Å². The first-order chi connectivity index (χ1) is 9.67. The number of furan rings is 2. The summed E-state index contributed by atoms with van der Waals surface area (Å²) < 4.78 is 11.4. The summed E-state index contributed by atoms with van der Waals surface area (Å²) >= 11 is 11.8. The summed E-state index contributed by atoms with van der Waals surface area (Å²) in [5.41, 5.74) is 0.796. The molecule has 0 saturated heterocycles. The first-order valence-corrected chi connectivity index (χ1v) is 7.10. The van der Waals surface area contributed by atoms with Crippen LogP contribution in [0.2, 0.25) is 10.2 Å². The maximum absolute atomic E-state index is 6.00. The van der Waals surface area contributed by atoms with E-state index < -0.39 is 0 Å². The molecular weight excluding hydrogens is 297 g/mol. The molecule has 3 nitrogen and oxygen atoms in total. The summed E-state index contributed by atoms with van der Waals surface area (Å²) in [5, 5.41) is 5.34. The van der Waals surface area contributed by atoms with Crippen LogP contribution in [0.25, 0.3) is 11.0 Å². The van der Waals surface area contributed by atoms with Gasteiger partial charge in [-0.25, -0.2) is 0 Å². The Morgan fingerprint density at radius 3 is 2.60 bits per heavy atom. The number of hydrogen-bond acceptors (Lipinski definition) is 3. The first-order valence-electron chi connectivity index (χ1n) is 6.35. The second kappa shape index (κ2) is 5.52. The highest BCUT2D eigenvalue weighted by atomic mass is 35.5. The van der Waals surface area contributed by atoms with Crippen molar-refractivity contribution in [2.45, 2.75) is 13.0 Å². The van der Waals surface area contributed by atoms with Crippen molar-refractivity contribution in [1.29, 1.82) is 0 Å². The minimum Gasteiger partial charge on any atom is -0.459 e. The van der Waals surface area contributed by atoms with Crippen LogP contribution in [-0.4, -0.2) is 6.54 Å². The van der Waals surface area contributed by atoms with Crippen molar-refractivity contribution >= 4 is 34.2 Å². The number of halogens is 2. The van der Waals surface area contributed by atoms with Gasteiger partial charge in [-0.2, -0.15) is 0 Å². The van der Waals surface area contributed by atoms with Gasteiger partial charge in [0.15, 0.2) is 5.22 Å². The van der Waals surface area contributed by atoms with Crippen molar-refractivity contribution in [3.8, 4) is 0 Å². The van der Waals surface area contributed by atoms with Crippen LogP contribution in [0.5, 0.6) is 0 Å². The van der Waals surface area contributed by atoms with Crippen LogP contribution in [0.4, 0.5) is 0 Å². The second-order valence-corrected chi connectivity index (χ2v) is 5.27. The molecule has 1 atom stereocenters. The summed E-state index contributed by atoms with van der Waals surface area (Å²) in [4.78, 5) is 0. The molecule has 5 heteroatoms. The summed E-state index contributed by atoms with van der Waals surface area (Å²) in [7, 11) is 0. The lowest BCUT2D eigenvalue weighted by Gasteiger charge is -2.12. The van der Waals surface area contributed by atoms with Crippen LogP contribution in [-0.2, 0) is 0 Å². The summed E-state index contributed by atoms with van der Waals surface area (Å²) in [5.74, 6) is 1.50. The second-order valence-electron chi connectivity index (χ2n) is 4.46. The Hall–Kier alpha value is -1.42. The number of hydrogen-bond donors (Lipinski definition) is 1. The molecule has 0 saturated carbocycles. The number of fused-ring (bicyclic) bond motifs is 1. The molecule has 1 unspecified atom stereocenters. The van der Waals surface area contributed by atoms with E-state index in [1.54, 1.807) is 6.07 Å². The van der Waals surface area contributed by atoms with E-state index in [1.807, 2.05) is 37.3 Å². The van der Waals surface area contributed by atoms with Crippen molar-refractivity contribution in [3.05, 3.63) is 58.2 Å². The van der Waals surface area contributed by atoms with Crippen LogP contribution in [0.1, 0.15) is 24.5 Å². The third-order valence-electron chi connectivity index (χ3n) is 3.07. The number of rotatable bonds is 4. The molecule has 0 fully saturated rings. The molecule has 0 aliphatic heterocycles. The summed E-state index contributed by atoms with van der Waals surface area (Å²) in [6.45, 7) is 2.80. The van der Waals surface area contributed by atoms with Gasteiger partial charge in [0.2, 0.25) is 0 Å². The lowest BCUT2D eigenvalue weighted by Crippen LogP contribution is -2.20. The van der Waals surface area contributed by atoms with E-state index in [-0.39, 0.29) is 6.04 Å². The van der Waals surface area contributed by atoms with Gasteiger partial charge >= 0.3 is 0 Å². The molecule has 2 heterocycles. The maximum atomic E-state index is 6.00. The Morgan fingerprint density at radius 2 is 1.90 bits per heavy atom. The molecule has 3 aromatic rings. The molecule has 1 N–H and O–H groups in total. The van der Waals surface area contributed by atoms with Crippen LogP contribution in [0.15, 0.2) is 45.2 Å². The third-order valence-corrected chi connectivity index (χ3v) is 3.51. The normalized spacial score (nSPS) is 12.9. The fourth-order valence-corrected chi connectivity index (χ4v) is 2.54. The maximum Gasteiger partial charge on any atom is 0.193 e.